The van der Waals surface area contributed by atoms with Crippen LogP contribution < -0.4 is 5.32 Å². The van der Waals surface area contributed by atoms with Gasteiger partial charge in [-0.15, -0.1) is 0 Å². The Balaban J connectivity index is 2.24. The minimum Gasteiger partial charge on any atom is -0.329 e. The van der Waals surface area contributed by atoms with Gasteiger partial charge in [-0.2, -0.15) is 0 Å². The Morgan fingerprint density at radius 1 is 1.53 bits per heavy atom. The molecule has 0 spiro atoms. The minimum absolute atomic E-state index is 0.0917. The first-order valence-corrected chi connectivity index (χ1v) is 6.17. The van der Waals surface area contributed by atoms with Crippen LogP contribution in [-0.2, 0) is 4.79 Å². The van der Waals surface area contributed by atoms with Crippen molar-refractivity contribution in [2.45, 2.75) is 52.5 Å². The first kappa shape index (κ1) is 12.5. The van der Waals surface area contributed by atoms with Crippen LogP contribution in [0.5, 0.6) is 0 Å². The molecule has 1 aliphatic rings. The van der Waals surface area contributed by atoms with Gasteiger partial charge < -0.3 is 4.90 Å². The van der Waals surface area contributed by atoms with Crippen LogP contribution in [0.3, 0.4) is 0 Å². The predicted molar refractivity (Wildman–Crippen MR) is 62.5 cm³/mol. The van der Waals surface area contributed by atoms with E-state index in [1.165, 1.54) is 6.42 Å². The SMILES string of the molecule is CCCC1NCN(CCCC(C)C)C1=O. The minimum atomic E-state index is 0.0917. The molecule has 1 amide bonds. The number of carbonyl (C=O) groups excluding carboxylic acids is 1. The van der Waals surface area contributed by atoms with Gasteiger partial charge >= 0.3 is 0 Å². The molecular weight excluding hydrogens is 188 g/mol. The van der Waals surface area contributed by atoms with Crippen LogP contribution in [0.1, 0.15) is 46.5 Å². The third kappa shape index (κ3) is 3.82. The summed E-state index contributed by atoms with van der Waals surface area (Å²) in [5.74, 6) is 1.04. The smallest absolute Gasteiger partial charge is 0.240 e. The number of nitrogens with zero attached hydrogens (tertiary/aromatic N) is 1. The van der Waals surface area contributed by atoms with E-state index in [9.17, 15) is 4.79 Å². The van der Waals surface area contributed by atoms with E-state index in [0.29, 0.717) is 5.91 Å². The van der Waals surface area contributed by atoms with Crippen molar-refractivity contribution >= 4 is 5.91 Å². The summed E-state index contributed by atoms with van der Waals surface area (Å²) in [6.45, 7) is 8.25. The van der Waals surface area contributed by atoms with E-state index >= 15 is 0 Å². The van der Waals surface area contributed by atoms with Crippen molar-refractivity contribution < 1.29 is 4.79 Å². The zero-order chi connectivity index (χ0) is 11.3. The number of hydrogen-bond acceptors (Lipinski definition) is 2. The van der Waals surface area contributed by atoms with E-state index < -0.39 is 0 Å². The van der Waals surface area contributed by atoms with Crippen LogP contribution in [0.2, 0.25) is 0 Å². The molecule has 1 heterocycles. The van der Waals surface area contributed by atoms with Gasteiger partial charge in [0.2, 0.25) is 5.91 Å². The van der Waals surface area contributed by atoms with Gasteiger partial charge in [0.25, 0.3) is 0 Å². The van der Waals surface area contributed by atoms with Crippen molar-refractivity contribution in [1.29, 1.82) is 0 Å². The predicted octanol–water partition coefficient (Wildman–Crippen LogP) is 1.98. The average molecular weight is 212 g/mol. The highest BCUT2D eigenvalue weighted by atomic mass is 16.2. The molecule has 0 bridgehead atoms. The lowest BCUT2D eigenvalue weighted by Crippen LogP contribution is -2.31. The van der Waals surface area contributed by atoms with Gasteiger partial charge in [-0.1, -0.05) is 27.2 Å². The Morgan fingerprint density at radius 3 is 2.87 bits per heavy atom. The van der Waals surface area contributed by atoms with Crippen molar-refractivity contribution in [3.05, 3.63) is 0 Å². The Labute approximate surface area is 93.2 Å². The van der Waals surface area contributed by atoms with E-state index in [4.69, 9.17) is 0 Å². The zero-order valence-electron chi connectivity index (χ0n) is 10.3. The normalized spacial score (nSPS) is 21.7. The van der Waals surface area contributed by atoms with Crippen LogP contribution in [0.15, 0.2) is 0 Å². The van der Waals surface area contributed by atoms with E-state index in [2.05, 4.69) is 26.1 Å². The lowest BCUT2D eigenvalue weighted by molar-refractivity contribution is -0.129. The highest BCUT2D eigenvalue weighted by molar-refractivity contribution is 5.83. The maximum Gasteiger partial charge on any atom is 0.240 e. The fourth-order valence-corrected chi connectivity index (χ4v) is 2.00. The Bertz CT molecular complexity index is 204. The molecular formula is C12H24N2O. The van der Waals surface area contributed by atoms with Crippen LogP contribution >= 0.6 is 0 Å². The molecule has 1 unspecified atom stereocenters. The molecule has 1 aliphatic heterocycles. The summed E-state index contributed by atoms with van der Waals surface area (Å²) in [5, 5.41) is 3.27. The molecule has 15 heavy (non-hydrogen) atoms. The standard InChI is InChI=1S/C12H24N2O/c1-4-6-11-12(15)14(9-13-11)8-5-7-10(2)3/h10-11,13H,4-9H2,1-3H3. The molecule has 1 saturated heterocycles. The van der Waals surface area contributed by atoms with Crippen molar-refractivity contribution in [3.63, 3.8) is 0 Å². The van der Waals surface area contributed by atoms with Gasteiger partial charge in [0.1, 0.15) is 0 Å². The Kier molecular flexibility index (Phi) is 5.09. The lowest BCUT2D eigenvalue weighted by Gasteiger charge is -2.15. The molecule has 0 aliphatic carbocycles. The fraction of sp³-hybridized carbons (Fsp3) is 0.917. The second-order valence-electron chi connectivity index (χ2n) is 4.84. The van der Waals surface area contributed by atoms with Gasteiger partial charge in [0.15, 0.2) is 0 Å². The second-order valence-corrected chi connectivity index (χ2v) is 4.84. The van der Waals surface area contributed by atoms with E-state index in [-0.39, 0.29) is 6.04 Å². The second kappa shape index (κ2) is 6.11. The molecule has 0 aromatic rings. The quantitative estimate of drug-likeness (QED) is 0.730. The number of rotatable bonds is 6. The number of nitrogens with one attached hydrogen (secondary N) is 1. The number of hydrogen-bond donors (Lipinski definition) is 1. The summed E-state index contributed by atoms with van der Waals surface area (Å²) in [6.07, 6.45) is 4.38. The first-order chi connectivity index (χ1) is 7.15. The maximum absolute atomic E-state index is 11.8. The molecule has 88 valence electrons. The van der Waals surface area contributed by atoms with Gasteiger partial charge in [0, 0.05) is 6.54 Å². The number of amides is 1. The largest absolute Gasteiger partial charge is 0.329 e. The molecule has 0 aromatic carbocycles. The van der Waals surface area contributed by atoms with Gasteiger partial charge in [0.05, 0.1) is 12.7 Å². The van der Waals surface area contributed by atoms with Crippen molar-refractivity contribution in [3.8, 4) is 0 Å². The van der Waals surface area contributed by atoms with Gasteiger partial charge in [-0.25, -0.2) is 0 Å². The van der Waals surface area contributed by atoms with Crippen molar-refractivity contribution in [2.24, 2.45) is 5.92 Å². The van der Waals surface area contributed by atoms with Crippen LogP contribution in [0, 0.1) is 5.92 Å². The topological polar surface area (TPSA) is 32.3 Å². The summed E-state index contributed by atoms with van der Waals surface area (Å²) >= 11 is 0. The third-order valence-corrected chi connectivity index (χ3v) is 2.93. The summed E-state index contributed by atoms with van der Waals surface area (Å²) in [4.78, 5) is 13.8. The summed E-state index contributed by atoms with van der Waals surface area (Å²) in [7, 11) is 0. The number of carbonyl (C=O) groups is 1. The van der Waals surface area contributed by atoms with E-state index in [0.717, 1.165) is 38.4 Å². The van der Waals surface area contributed by atoms with Crippen molar-refractivity contribution in [1.82, 2.24) is 10.2 Å². The Morgan fingerprint density at radius 2 is 2.27 bits per heavy atom. The maximum atomic E-state index is 11.8. The zero-order valence-corrected chi connectivity index (χ0v) is 10.3. The highest BCUT2D eigenvalue weighted by Gasteiger charge is 2.29. The third-order valence-electron chi connectivity index (χ3n) is 2.93. The average Bonchev–Trinajstić information content (AvgIpc) is 2.50. The van der Waals surface area contributed by atoms with Crippen LogP contribution in [0.4, 0.5) is 0 Å². The summed E-state index contributed by atoms with van der Waals surface area (Å²) in [5.41, 5.74) is 0. The monoisotopic (exact) mass is 212 g/mol. The van der Waals surface area contributed by atoms with E-state index in [1.54, 1.807) is 0 Å². The summed E-state index contributed by atoms with van der Waals surface area (Å²) < 4.78 is 0. The summed E-state index contributed by atoms with van der Waals surface area (Å²) in [6, 6.07) is 0.0917. The lowest BCUT2D eigenvalue weighted by atomic mass is 10.1. The van der Waals surface area contributed by atoms with E-state index in [1.807, 2.05) is 4.90 Å². The molecule has 0 saturated carbocycles. The molecule has 1 fully saturated rings. The molecule has 0 radical (unpaired) electrons. The molecule has 0 aromatic heterocycles. The Hall–Kier alpha value is -0.570. The molecule has 3 heteroatoms. The molecule has 3 nitrogen and oxygen atoms in total. The van der Waals surface area contributed by atoms with Gasteiger partial charge in [-0.05, 0) is 25.2 Å². The molecule has 1 atom stereocenters. The van der Waals surface area contributed by atoms with Crippen molar-refractivity contribution in [2.75, 3.05) is 13.2 Å². The van der Waals surface area contributed by atoms with Crippen LogP contribution in [-0.4, -0.2) is 30.1 Å². The van der Waals surface area contributed by atoms with Gasteiger partial charge in [-0.3, -0.25) is 10.1 Å². The molecule has 1 rings (SSSR count). The highest BCUT2D eigenvalue weighted by Crippen LogP contribution is 2.11. The first-order valence-electron chi connectivity index (χ1n) is 6.17. The molecule has 1 N–H and O–H groups in total. The fourth-order valence-electron chi connectivity index (χ4n) is 2.00. The van der Waals surface area contributed by atoms with Crippen LogP contribution in [0.25, 0.3) is 0 Å².